The molecule has 0 aromatic heterocycles. The van der Waals surface area contributed by atoms with Gasteiger partial charge in [-0.3, -0.25) is 0 Å². The third kappa shape index (κ3) is 3.11. The van der Waals surface area contributed by atoms with Gasteiger partial charge in [-0.15, -0.1) is 0 Å². The van der Waals surface area contributed by atoms with Crippen LogP contribution in [0.2, 0.25) is 0 Å². The Morgan fingerprint density at radius 1 is 1.50 bits per heavy atom. The van der Waals surface area contributed by atoms with Gasteiger partial charge in [-0.05, 0) is 49.8 Å². The number of hydrogen-bond acceptors (Lipinski definition) is 5. The summed E-state index contributed by atoms with van der Waals surface area (Å²) in [5.41, 5.74) is 3.31. The number of nitrogens with zero attached hydrogens (tertiary/aromatic N) is 2. The SMILES string of the molecule is COC(=O)C1Cc2cc(C3CCOC(C)(C)C3)ccc2N1CC#N. The number of methoxy groups -OCH3 is 1. The molecule has 5 nitrogen and oxygen atoms in total. The minimum absolute atomic E-state index is 0.0939. The number of benzene rings is 1. The van der Waals surface area contributed by atoms with E-state index in [1.807, 2.05) is 11.0 Å². The van der Waals surface area contributed by atoms with Crippen molar-refractivity contribution < 1.29 is 14.3 Å². The molecule has 1 fully saturated rings. The minimum Gasteiger partial charge on any atom is -0.467 e. The van der Waals surface area contributed by atoms with Crippen molar-refractivity contribution in [2.45, 2.75) is 50.7 Å². The molecule has 5 heteroatoms. The van der Waals surface area contributed by atoms with Gasteiger partial charge >= 0.3 is 5.97 Å². The molecule has 2 aliphatic heterocycles. The summed E-state index contributed by atoms with van der Waals surface area (Å²) in [5.74, 6) is 0.191. The zero-order chi connectivity index (χ0) is 17.3. The molecule has 1 aromatic carbocycles. The maximum Gasteiger partial charge on any atom is 0.328 e. The molecular weight excluding hydrogens is 304 g/mol. The van der Waals surface area contributed by atoms with Gasteiger partial charge in [0.2, 0.25) is 0 Å². The van der Waals surface area contributed by atoms with Crippen molar-refractivity contribution in [2.24, 2.45) is 0 Å². The van der Waals surface area contributed by atoms with Gasteiger partial charge in [-0.25, -0.2) is 4.79 Å². The van der Waals surface area contributed by atoms with Crippen LogP contribution in [0.5, 0.6) is 0 Å². The summed E-state index contributed by atoms with van der Waals surface area (Å²) in [6.45, 7) is 5.24. The monoisotopic (exact) mass is 328 g/mol. The van der Waals surface area contributed by atoms with Crippen LogP contribution in [-0.2, 0) is 20.7 Å². The third-order valence-electron chi connectivity index (χ3n) is 5.09. The van der Waals surface area contributed by atoms with Crippen LogP contribution in [0.4, 0.5) is 5.69 Å². The summed E-state index contributed by atoms with van der Waals surface area (Å²) in [4.78, 5) is 13.9. The van der Waals surface area contributed by atoms with Gasteiger partial charge in [0, 0.05) is 18.7 Å². The van der Waals surface area contributed by atoms with Gasteiger partial charge in [0.1, 0.15) is 12.6 Å². The molecule has 0 amide bonds. The van der Waals surface area contributed by atoms with Crippen molar-refractivity contribution in [3.8, 4) is 6.07 Å². The van der Waals surface area contributed by atoms with Crippen LogP contribution in [0, 0.1) is 11.3 Å². The lowest BCUT2D eigenvalue weighted by Gasteiger charge is -2.36. The summed E-state index contributed by atoms with van der Waals surface area (Å²) >= 11 is 0. The maximum absolute atomic E-state index is 12.0. The summed E-state index contributed by atoms with van der Waals surface area (Å²) < 4.78 is 10.7. The van der Waals surface area contributed by atoms with E-state index in [2.05, 4.69) is 32.0 Å². The number of anilines is 1. The molecule has 0 saturated carbocycles. The van der Waals surface area contributed by atoms with E-state index in [1.165, 1.54) is 12.7 Å². The van der Waals surface area contributed by atoms with Crippen LogP contribution in [-0.4, -0.2) is 37.9 Å². The first-order valence-electron chi connectivity index (χ1n) is 8.43. The number of carbonyl (C=O) groups excluding carboxylic acids is 1. The number of rotatable bonds is 3. The Hall–Kier alpha value is -2.06. The van der Waals surface area contributed by atoms with E-state index in [-0.39, 0.29) is 18.1 Å². The predicted molar refractivity (Wildman–Crippen MR) is 90.9 cm³/mol. The Kier molecular flexibility index (Phi) is 4.51. The third-order valence-corrected chi connectivity index (χ3v) is 5.09. The van der Waals surface area contributed by atoms with Gasteiger partial charge in [-0.2, -0.15) is 5.26 Å². The molecule has 1 aromatic rings. The molecule has 0 spiro atoms. The molecule has 0 radical (unpaired) electrons. The van der Waals surface area contributed by atoms with Crippen molar-refractivity contribution in [1.82, 2.24) is 0 Å². The van der Waals surface area contributed by atoms with Crippen LogP contribution in [0.15, 0.2) is 18.2 Å². The quantitative estimate of drug-likeness (QED) is 0.631. The Morgan fingerprint density at radius 3 is 2.96 bits per heavy atom. The summed E-state index contributed by atoms with van der Waals surface area (Å²) in [7, 11) is 1.39. The largest absolute Gasteiger partial charge is 0.467 e. The van der Waals surface area contributed by atoms with Crippen LogP contribution in [0.25, 0.3) is 0 Å². The maximum atomic E-state index is 12.0. The fraction of sp³-hybridized carbons (Fsp3) is 0.579. The molecular formula is C19H24N2O3. The van der Waals surface area contributed by atoms with Crippen molar-refractivity contribution in [2.75, 3.05) is 25.2 Å². The van der Waals surface area contributed by atoms with Crippen LogP contribution in [0.1, 0.15) is 43.7 Å². The van der Waals surface area contributed by atoms with Crippen LogP contribution >= 0.6 is 0 Å². The first-order chi connectivity index (χ1) is 11.4. The lowest BCUT2D eigenvalue weighted by atomic mass is 9.83. The number of hydrogen-bond donors (Lipinski definition) is 0. The molecule has 2 atom stereocenters. The number of esters is 1. The Labute approximate surface area is 143 Å². The van der Waals surface area contributed by atoms with E-state index >= 15 is 0 Å². The topological polar surface area (TPSA) is 62.6 Å². The van der Waals surface area contributed by atoms with E-state index in [0.717, 1.165) is 30.7 Å². The Balaban J connectivity index is 1.87. The van der Waals surface area contributed by atoms with Crippen molar-refractivity contribution >= 4 is 11.7 Å². The van der Waals surface area contributed by atoms with E-state index in [4.69, 9.17) is 14.7 Å². The molecule has 2 aliphatic rings. The second-order valence-corrected chi connectivity index (χ2v) is 7.22. The summed E-state index contributed by atoms with van der Waals surface area (Å²) in [6, 6.07) is 8.14. The zero-order valence-corrected chi connectivity index (χ0v) is 14.5. The first-order valence-corrected chi connectivity index (χ1v) is 8.43. The first kappa shape index (κ1) is 16.8. The molecule has 2 unspecified atom stereocenters. The highest BCUT2D eigenvalue weighted by atomic mass is 16.5. The predicted octanol–water partition coefficient (Wildman–Crippen LogP) is 2.79. The molecule has 128 valence electrons. The van der Waals surface area contributed by atoms with E-state index < -0.39 is 6.04 Å². The highest BCUT2D eigenvalue weighted by molar-refractivity contribution is 5.84. The second kappa shape index (κ2) is 6.45. The fourth-order valence-electron chi connectivity index (χ4n) is 3.92. The lowest BCUT2D eigenvalue weighted by molar-refractivity contribution is -0.142. The zero-order valence-electron chi connectivity index (χ0n) is 14.5. The summed E-state index contributed by atoms with van der Waals surface area (Å²) in [5, 5.41) is 9.08. The lowest BCUT2D eigenvalue weighted by Crippen LogP contribution is -2.39. The molecule has 1 saturated heterocycles. The molecule has 0 N–H and O–H groups in total. The van der Waals surface area contributed by atoms with Crippen molar-refractivity contribution in [1.29, 1.82) is 5.26 Å². The normalized spacial score (nSPS) is 25.0. The molecule has 0 aliphatic carbocycles. The average molecular weight is 328 g/mol. The minimum atomic E-state index is -0.397. The summed E-state index contributed by atoms with van der Waals surface area (Å²) in [6.07, 6.45) is 2.61. The fourth-order valence-corrected chi connectivity index (χ4v) is 3.92. The van der Waals surface area contributed by atoms with Gasteiger partial charge in [0.15, 0.2) is 0 Å². The highest BCUT2D eigenvalue weighted by Gasteiger charge is 2.36. The number of fused-ring (bicyclic) bond motifs is 1. The smallest absolute Gasteiger partial charge is 0.328 e. The Bertz CT molecular complexity index is 678. The van der Waals surface area contributed by atoms with Gasteiger partial charge < -0.3 is 14.4 Å². The van der Waals surface area contributed by atoms with E-state index in [9.17, 15) is 4.79 Å². The van der Waals surface area contributed by atoms with Gasteiger partial charge in [-0.1, -0.05) is 12.1 Å². The molecule has 3 rings (SSSR count). The van der Waals surface area contributed by atoms with Crippen LogP contribution < -0.4 is 4.90 Å². The van der Waals surface area contributed by atoms with Crippen molar-refractivity contribution in [3.63, 3.8) is 0 Å². The highest BCUT2D eigenvalue weighted by Crippen LogP contribution is 2.39. The second-order valence-electron chi connectivity index (χ2n) is 7.22. The number of nitriles is 1. The van der Waals surface area contributed by atoms with Crippen LogP contribution in [0.3, 0.4) is 0 Å². The average Bonchev–Trinajstić information content (AvgIpc) is 2.91. The number of ether oxygens (including phenoxy) is 2. The van der Waals surface area contributed by atoms with Gasteiger partial charge in [0.05, 0.1) is 18.8 Å². The van der Waals surface area contributed by atoms with Crippen molar-refractivity contribution in [3.05, 3.63) is 29.3 Å². The molecule has 24 heavy (non-hydrogen) atoms. The molecule has 2 heterocycles. The van der Waals surface area contributed by atoms with E-state index in [0.29, 0.717) is 12.3 Å². The molecule has 0 bridgehead atoms. The standard InChI is InChI=1S/C19H24N2O3/c1-19(2)12-14(6-9-24-19)13-4-5-16-15(10-13)11-17(18(22)23-3)21(16)8-7-20/h4-5,10,14,17H,6,8-9,11-12H2,1-3H3. The van der Waals surface area contributed by atoms with E-state index in [1.54, 1.807) is 0 Å². The van der Waals surface area contributed by atoms with Gasteiger partial charge in [0.25, 0.3) is 0 Å². The Morgan fingerprint density at radius 2 is 2.29 bits per heavy atom. The number of carbonyl (C=O) groups is 1.